The highest BCUT2D eigenvalue weighted by molar-refractivity contribution is 6.35. The van der Waals surface area contributed by atoms with Crippen molar-refractivity contribution in [1.82, 2.24) is 15.7 Å². The van der Waals surface area contributed by atoms with Gasteiger partial charge in [-0.05, 0) is 47.9 Å². The number of rotatable bonds is 6. The molecule has 6 nitrogen and oxygen atoms in total. The van der Waals surface area contributed by atoms with Crippen molar-refractivity contribution in [3.63, 3.8) is 0 Å². The second kappa shape index (κ2) is 10.4. The van der Waals surface area contributed by atoms with E-state index in [-0.39, 0.29) is 24.5 Å². The Labute approximate surface area is 214 Å². The Balaban J connectivity index is 1.55. The van der Waals surface area contributed by atoms with Gasteiger partial charge in [-0.2, -0.15) is 0 Å². The van der Waals surface area contributed by atoms with Crippen molar-refractivity contribution in [2.75, 3.05) is 13.1 Å². The molecule has 3 atom stereocenters. The molecule has 2 heterocycles. The van der Waals surface area contributed by atoms with Crippen LogP contribution in [0.25, 0.3) is 0 Å². The van der Waals surface area contributed by atoms with E-state index in [1.165, 1.54) is 0 Å². The first-order valence-electron chi connectivity index (χ1n) is 11.6. The number of halogens is 2. The van der Waals surface area contributed by atoms with Gasteiger partial charge in [-0.3, -0.25) is 14.4 Å². The van der Waals surface area contributed by atoms with Crippen LogP contribution >= 0.6 is 23.2 Å². The predicted molar refractivity (Wildman–Crippen MR) is 135 cm³/mol. The van der Waals surface area contributed by atoms with Crippen LogP contribution < -0.4 is 10.8 Å². The van der Waals surface area contributed by atoms with Gasteiger partial charge in [0.1, 0.15) is 0 Å². The topological polar surface area (TPSA) is 70.7 Å². The Hall–Kier alpha value is -2.90. The lowest BCUT2D eigenvalue weighted by Crippen LogP contribution is -2.52. The van der Waals surface area contributed by atoms with E-state index in [9.17, 15) is 9.59 Å². The highest BCUT2D eigenvalue weighted by Crippen LogP contribution is 2.46. The summed E-state index contributed by atoms with van der Waals surface area (Å²) in [6.45, 7) is 1.67. The van der Waals surface area contributed by atoms with E-state index in [0.717, 1.165) is 18.5 Å². The van der Waals surface area contributed by atoms with Crippen molar-refractivity contribution in [2.24, 2.45) is 0 Å². The maximum atomic E-state index is 13.8. The van der Waals surface area contributed by atoms with Gasteiger partial charge in [0.25, 0.3) is 11.8 Å². The number of fused-ring (bicyclic) bond motifs is 1. The van der Waals surface area contributed by atoms with Crippen molar-refractivity contribution in [3.05, 3.63) is 105 Å². The standard InChI is InChI=1S/C27H25Cl2N3O3/c28-18-10-11-22(23(29)14-18)25-24(26(33)31-35-16-17-6-2-1-3-7-17)20-8-4-5-9-21(20)27(34)32(25)19-12-13-30-15-19/h1-11,14,19,24-25,30H,12-13,15-16H2,(H,31,33)/t19-,24+,25-/m1/s1. The van der Waals surface area contributed by atoms with Crippen molar-refractivity contribution in [2.45, 2.75) is 31.0 Å². The van der Waals surface area contributed by atoms with Crippen LogP contribution in [0.15, 0.2) is 72.8 Å². The average molecular weight is 510 g/mol. The predicted octanol–water partition coefficient (Wildman–Crippen LogP) is 4.88. The molecule has 8 heteroatoms. The van der Waals surface area contributed by atoms with Crippen LogP contribution in [0.4, 0.5) is 0 Å². The monoisotopic (exact) mass is 509 g/mol. The number of carbonyl (C=O) groups excluding carboxylic acids is 2. The normalized spacial score (nSPS) is 21.6. The molecule has 2 amide bonds. The van der Waals surface area contributed by atoms with Crippen LogP contribution in [0.3, 0.4) is 0 Å². The second-order valence-corrected chi connectivity index (χ2v) is 9.62. The molecule has 35 heavy (non-hydrogen) atoms. The van der Waals surface area contributed by atoms with Gasteiger partial charge in [-0.1, -0.05) is 77.8 Å². The summed E-state index contributed by atoms with van der Waals surface area (Å²) in [5, 5.41) is 4.23. The summed E-state index contributed by atoms with van der Waals surface area (Å²) >= 11 is 12.8. The van der Waals surface area contributed by atoms with Gasteiger partial charge in [0, 0.05) is 28.2 Å². The molecule has 1 saturated heterocycles. The zero-order valence-corrected chi connectivity index (χ0v) is 20.4. The van der Waals surface area contributed by atoms with Crippen LogP contribution in [-0.2, 0) is 16.2 Å². The van der Waals surface area contributed by atoms with Crippen LogP contribution in [-0.4, -0.2) is 35.8 Å². The van der Waals surface area contributed by atoms with Crippen LogP contribution in [0, 0.1) is 0 Å². The minimum absolute atomic E-state index is 0.0758. The van der Waals surface area contributed by atoms with Gasteiger partial charge in [0.2, 0.25) is 0 Å². The third-order valence-electron chi connectivity index (χ3n) is 6.62. The van der Waals surface area contributed by atoms with Gasteiger partial charge in [0.15, 0.2) is 0 Å². The molecule has 3 aromatic rings. The molecule has 2 aliphatic rings. The lowest BCUT2D eigenvalue weighted by atomic mass is 9.78. The molecule has 2 N–H and O–H groups in total. The fraction of sp³-hybridized carbons (Fsp3) is 0.259. The number of benzene rings is 3. The van der Waals surface area contributed by atoms with E-state index in [4.69, 9.17) is 28.0 Å². The average Bonchev–Trinajstić information content (AvgIpc) is 3.39. The number of nitrogens with zero attached hydrogens (tertiary/aromatic N) is 1. The molecule has 0 radical (unpaired) electrons. The number of hydroxylamine groups is 1. The maximum Gasteiger partial charge on any atom is 0.255 e. The highest BCUT2D eigenvalue weighted by atomic mass is 35.5. The van der Waals surface area contributed by atoms with Crippen LogP contribution in [0.2, 0.25) is 10.0 Å². The van der Waals surface area contributed by atoms with E-state index in [0.29, 0.717) is 33.3 Å². The summed E-state index contributed by atoms with van der Waals surface area (Å²) in [6.07, 6.45) is 0.786. The SMILES string of the molecule is O=C(NOCc1ccccc1)[C@H]1c2ccccc2C(=O)N([C@@H]2CCNC2)[C@@H]1c1ccc(Cl)cc1Cl. The van der Waals surface area contributed by atoms with E-state index < -0.39 is 12.0 Å². The molecule has 2 aliphatic heterocycles. The number of hydrogen-bond donors (Lipinski definition) is 2. The van der Waals surface area contributed by atoms with Crippen molar-refractivity contribution in [1.29, 1.82) is 0 Å². The molecule has 180 valence electrons. The maximum absolute atomic E-state index is 13.8. The second-order valence-electron chi connectivity index (χ2n) is 8.78. The molecule has 1 fully saturated rings. The fourth-order valence-corrected chi connectivity index (χ4v) is 5.53. The summed E-state index contributed by atoms with van der Waals surface area (Å²) in [4.78, 5) is 34.9. The van der Waals surface area contributed by atoms with Crippen molar-refractivity contribution < 1.29 is 14.4 Å². The van der Waals surface area contributed by atoms with E-state index in [1.54, 1.807) is 24.3 Å². The molecule has 0 saturated carbocycles. The van der Waals surface area contributed by atoms with Gasteiger partial charge in [0.05, 0.1) is 18.6 Å². The lowest BCUT2D eigenvalue weighted by Gasteiger charge is -2.44. The molecule has 3 aromatic carbocycles. The minimum Gasteiger partial charge on any atom is -0.326 e. The number of carbonyl (C=O) groups is 2. The molecular weight excluding hydrogens is 485 g/mol. The number of nitrogens with one attached hydrogen (secondary N) is 2. The van der Waals surface area contributed by atoms with Crippen LogP contribution in [0.1, 0.15) is 45.4 Å². The first kappa shape index (κ1) is 23.8. The molecule has 0 aliphatic carbocycles. The lowest BCUT2D eigenvalue weighted by molar-refractivity contribution is -0.138. The first-order valence-corrected chi connectivity index (χ1v) is 12.3. The highest BCUT2D eigenvalue weighted by Gasteiger charge is 2.47. The van der Waals surface area contributed by atoms with Gasteiger partial charge in [-0.25, -0.2) is 5.48 Å². The quantitative estimate of drug-likeness (QED) is 0.464. The molecule has 0 spiro atoms. The van der Waals surface area contributed by atoms with E-state index in [1.807, 2.05) is 53.4 Å². The molecule has 0 unspecified atom stereocenters. The Kier molecular flexibility index (Phi) is 7.07. The smallest absolute Gasteiger partial charge is 0.255 e. The van der Waals surface area contributed by atoms with Gasteiger partial charge >= 0.3 is 0 Å². The largest absolute Gasteiger partial charge is 0.326 e. The Morgan fingerprint density at radius 2 is 1.80 bits per heavy atom. The van der Waals surface area contributed by atoms with Crippen molar-refractivity contribution >= 4 is 35.0 Å². The first-order chi connectivity index (χ1) is 17.0. The molecular formula is C27H25Cl2N3O3. The summed E-state index contributed by atoms with van der Waals surface area (Å²) in [6, 6.07) is 21.3. The summed E-state index contributed by atoms with van der Waals surface area (Å²) in [5.74, 6) is -1.17. The Morgan fingerprint density at radius 1 is 1.03 bits per heavy atom. The zero-order valence-electron chi connectivity index (χ0n) is 18.9. The number of hydrogen-bond acceptors (Lipinski definition) is 4. The summed E-state index contributed by atoms with van der Waals surface area (Å²) < 4.78 is 0. The minimum atomic E-state index is -0.723. The van der Waals surface area contributed by atoms with E-state index >= 15 is 0 Å². The third kappa shape index (κ3) is 4.80. The molecule has 5 rings (SSSR count). The summed E-state index contributed by atoms with van der Waals surface area (Å²) in [5.41, 5.74) is 5.41. The zero-order chi connectivity index (χ0) is 24.4. The number of amides is 2. The Morgan fingerprint density at radius 3 is 2.54 bits per heavy atom. The van der Waals surface area contributed by atoms with Crippen molar-refractivity contribution in [3.8, 4) is 0 Å². The van der Waals surface area contributed by atoms with Crippen LogP contribution in [0.5, 0.6) is 0 Å². The van der Waals surface area contributed by atoms with E-state index in [2.05, 4.69) is 10.8 Å². The molecule has 0 bridgehead atoms. The summed E-state index contributed by atoms with van der Waals surface area (Å²) in [7, 11) is 0. The van der Waals surface area contributed by atoms with Gasteiger partial charge in [-0.15, -0.1) is 0 Å². The van der Waals surface area contributed by atoms with Gasteiger partial charge < -0.3 is 10.2 Å². The molecule has 0 aromatic heterocycles. The third-order valence-corrected chi connectivity index (χ3v) is 7.18. The Bertz CT molecular complexity index is 1230. The fourth-order valence-electron chi connectivity index (χ4n) is 5.01.